The summed E-state index contributed by atoms with van der Waals surface area (Å²) in [6, 6.07) is 4.21. The monoisotopic (exact) mass is 284 g/mol. The molecule has 7 heteroatoms. The molecule has 6 nitrogen and oxygen atoms in total. The number of carbonyl (C=O) groups excluding carboxylic acids is 1. The van der Waals surface area contributed by atoms with Crippen LogP contribution >= 0.6 is 11.6 Å². The lowest BCUT2D eigenvalue weighted by atomic mass is 10.3. The summed E-state index contributed by atoms with van der Waals surface area (Å²) in [7, 11) is 0. The van der Waals surface area contributed by atoms with Crippen molar-refractivity contribution in [1.82, 2.24) is 5.32 Å². The number of hydrogen-bond acceptors (Lipinski definition) is 4. The number of nitrogens with one attached hydrogen (secondary N) is 1. The van der Waals surface area contributed by atoms with Crippen molar-refractivity contribution in [3.63, 3.8) is 0 Å². The topological polar surface area (TPSA) is 81.5 Å². The molecule has 2 rings (SSSR count). The van der Waals surface area contributed by atoms with Crippen molar-refractivity contribution in [1.29, 1.82) is 0 Å². The van der Waals surface area contributed by atoms with Gasteiger partial charge in [-0.2, -0.15) is 0 Å². The maximum atomic E-state index is 11.7. The Morgan fingerprint density at radius 1 is 1.58 bits per heavy atom. The van der Waals surface area contributed by atoms with Crippen LogP contribution in [0.1, 0.15) is 19.8 Å². The Bertz CT molecular complexity index is 516. The molecule has 1 aliphatic carbocycles. The molecule has 0 aliphatic heterocycles. The van der Waals surface area contributed by atoms with E-state index in [0.717, 1.165) is 12.8 Å². The minimum absolute atomic E-state index is 0.00375. The fraction of sp³-hybridized carbons (Fsp3) is 0.417. The van der Waals surface area contributed by atoms with Gasteiger partial charge in [-0.1, -0.05) is 11.6 Å². The highest BCUT2D eigenvalue weighted by molar-refractivity contribution is 6.30. The molecular formula is C12H13ClN2O4. The maximum absolute atomic E-state index is 11.7. The van der Waals surface area contributed by atoms with Gasteiger partial charge in [0.15, 0.2) is 11.9 Å². The van der Waals surface area contributed by atoms with Gasteiger partial charge in [0.05, 0.1) is 4.92 Å². The molecule has 0 saturated heterocycles. The fourth-order valence-corrected chi connectivity index (χ4v) is 1.69. The first-order valence-electron chi connectivity index (χ1n) is 5.88. The maximum Gasteiger partial charge on any atom is 0.311 e. The second kappa shape index (κ2) is 5.44. The zero-order valence-electron chi connectivity index (χ0n) is 10.3. The van der Waals surface area contributed by atoms with Crippen molar-refractivity contribution >= 4 is 23.2 Å². The van der Waals surface area contributed by atoms with Gasteiger partial charge in [-0.15, -0.1) is 0 Å². The fourth-order valence-electron chi connectivity index (χ4n) is 1.52. The van der Waals surface area contributed by atoms with E-state index in [1.165, 1.54) is 18.2 Å². The zero-order chi connectivity index (χ0) is 14.0. The van der Waals surface area contributed by atoms with Crippen molar-refractivity contribution < 1.29 is 14.5 Å². The largest absolute Gasteiger partial charge is 0.474 e. The van der Waals surface area contributed by atoms with Crippen molar-refractivity contribution in [2.24, 2.45) is 0 Å². The number of hydrogen-bond donors (Lipinski definition) is 1. The average Bonchev–Trinajstić information content (AvgIpc) is 3.12. The highest BCUT2D eigenvalue weighted by atomic mass is 35.5. The van der Waals surface area contributed by atoms with Gasteiger partial charge in [0, 0.05) is 23.2 Å². The van der Waals surface area contributed by atoms with Crippen LogP contribution in [0, 0.1) is 10.1 Å². The SMILES string of the molecule is CC(Oc1cc(Cl)ccc1[N+](=O)[O-])C(=O)NC1CC1. The first-order chi connectivity index (χ1) is 8.97. The molecule has 1 saturated carbocycles. The van der Waals surface area contributed by atoms with E-state index < -0.39 is 11.0 Å². The van der Waals surface area contributed by atoms with Crippen LogP contribution in [0.2, 0.25) is 5.02 Å². The van der Waals surface area contributed by atoms with E-state index in [1.807, 2.05) is 0 Å². The zero-order valence-corrected chi connectivity index (χ0v) is 11.0. The summed E-state index contributed by atoms with van der Waals surface area (Å²) in [4.78, 5) is 22.0. The van der Waals surface area contributed by atoms with Crippen LogP contribution < -0.4 is 10.1 Å². The van der Waals surface area contributed by atoms with Crippen LogP contribution in [0.4, 0.5) is 5.69 Å². The molecule has 1 aliphatic rings. The number of halogens is 1. The summed E-state index contributed by atoms with van der Waals surface area (Å²) >= 11 is 5.78. The number of nitro groups is 1. The molecule has 0 radical (unpaired) electrons. The molecule has 1 aromatic carbocycles. The summed E-state index contributed by atoms with van der Waals surface area (Å²) in [5, 5.41) is 13.9. The Labute approximate surface area is 114 Å². The van der Waals surface area contributed by atoms with Gasteiger partial charge in [-0.05, 0) is 25.8 Å². The van der Waals surface area contributed by atoms with Gasteiger partial charge >= 0.3 is 5.69 Å². The summed E-state index contributed by atoms with van der Waals surface area (Å²) < 4.78 is 5.34. The number of benzene rings is 1. The lowest BCUT2D eigenvalue weighted by molar-refractivity contribution is -0.386. The summed E-state index contributed by atoms with van der Waals surface area (Å²) in [6.07, 6.45) is 1.13. The predicted molar refractivity (Wildman–Crippen MR) is 69.4 cm³/mol. The van der Waals surface area contributed by atoms with Crippen LogP contribution in [0.5, 0.6) is 5.75 Å². The van der Waals surface area contributed by atoms with Crippen LogP contribution in [0.25, 0.3) is 0 Å². The molecule has 1 unspecified atom stereocenters. The molecule has 19 heavy (non-hydrogen) atoms. The molecule has 1 N–H and O–H groups in total. The lowest BCUT2D eigenvalue weighted by Gasteiger charge is -2.14. The summed E-state index contributed by atoms with van der Waals surface area (Å²) in [6.45, 7) is 1.54. The standard InChI is InChI=1S/C12H13ClN2O4/c1-7(12(16)14-9-3-4-9)19-11-6-8(13)2-5-10(11)15(17)18/h2,5-7,9H,3-4H2,1H3,(H,14,16). The number of carbonyl (C=O) groups is 1. The normalized spacial score (nSPS) is 15.7. The number of nitrogens with zero attached hydrogens (tertiary/aromatic N) is 1. The molecule has 1 atom stereocenters. The van der Waals surface area contributed by atoms with Crippen molar-refractivity contribution in [2.45, 2.75) is 31.9 Å². The molecule has 1 fully saturated rings. The Morgan fingerprint density at radius 3 is 2.84 bits per heavy atom. The second-order valence-corrected chi connectivity index (χ2v) is 4.85. The number of rotatable bonds is 5. The Balaban J connectivity index is 2.10. The Hall–Kier alpha value is -1.82. The predicted octanol–water partition coefficient (Wildman–Crippen LogP) is 2.29. The summed E-state index contributed by atoms with van der Waals surface area (Å²) in [5.74, 6) is -0.285. The van der Waals surface area contributed by atoms with Gasteiger partial charge in [0.1, 0.15) is 0 Å². The average molecular weight is 285 g/mol. The van der Waals surface area contributed by atoms with Crippen molar-refractivity contribution in [3.8, 4) is 5.75 Å². The molecular weight excluding hydrogens is 272 g/mol. The molecule has 0 bridgehead atoms. The third-order valence-electron chi connectivity index (χ3n) is 2.72. The van der Waals surface area contributed by atoms with Crippen molar-refractivity contribution in [2.75, 3.05) is 0 Å². The highest BCUT2D eigenvalue weighted by Gasteiger charge is 2.27. The molecule has 102 valence electrons. The molecule has 0 spiro atoms. The molecule has 1 amide bonds. The minimum atomic E-state index is -0.808. The van der Waals surface area contributed by atoms with E-state index in [4.69, 9.17) is 16.3 Å². The third kappa shape index (κ3) is 3.57. The minimum Gasteiger partial charge on any atom is -0.474 e. The number of nitro benzene ring substituents is 1. The van der Waals surface area contributed by atoms with E-state index in [2.05, 4.69) is 5.32 Å². The number of amides is 1. The van der Waals surface area contributed by atoms with Gasteiger partial charge in [0.2, 0.25) is 0 Å². The number of ether oxygens (including phenoxy) is 1. The molecule has 1 aromatic rings. The van der Waals surface area contributed by atoms with Crippen LogP contribution in [0.3, 0.4) is 0 Å². The summed E-state index contributed by atoms with van der Waals surface area (Å²) in [5.41, 5.74) is -0.213. The first kappa shape index (κ1) is 13.6. The first-order valence-corrected chi connectivity index (χ1v) is 6.26. The molecule has 0 heterocycles. The van der Waals surface area contributed by atoms with E-state index >= 15 is 0 Å². The van der Waals surface area contributed by atoms with E-state index in [-0.39, 0.29) is 23.4 Å². The lowest BCUT2D eigenvalue weighted by Crippen LogP contribution is -2.37. The Morgan fingerprint density at radius 2 is 2.26 bits per heavy atom. The van der Waals surface area contributed by atoms with Crippen molar-refractivity contribution in [3.05, 3.63) is 33.3 Å². The van der Waals surface area contributed by atoms with Gasteiger partial charge in [-0.25, -0.2) is 0 Å². The Kier molecular flexibility index (Phi) is 3.90. The van der Waals surface area contributed by atoms with Crippen LogP contribution in [-0.2, 0) is 4.79 Å². The second-order valence-electron chi connectivity index (χ2n) is 4.41. The molecule has 0 aromatic heterocycles. The van der Waals surface area contributed by atoms with Crippen LogP contribution in [0.15, 0.2) is 18.2 Å². The smallest absolute Gasteiger partial charge is 0.311 e. The van der Waals surface area contributed by atoms with Gasteiger partial charge in [-0.3, -0.25) is 14.9 Å². The van der Waals surface area contributed by atoms with E-state index in [9.17, 15) is 14.9 Å². The highest BCUT2D eigenvalue weighted by Crippen LogP contribution is 2.30. The van der Waals surface area contributed by atoms with E-state index in [1.54, 1.807) is 6.92 Å². The van der Waals surface area contributed by atoms with Gasteiger partial charge < -0.3 is 10.1 Å². The van der Waals surface area contributed by atoms with Crippen LogP contribution in [-0.4, -0.2) is 23.0 Å². The van der Waals surface area contributed by atoms with E-state index in [0.29, 0.717) is 5.02 Å². The quantitative estimate of drug-likeness (QED) is 0.664. The van der Waals surface area contributed by atoms with Gasteiger partial charge in [0.25, 0.3) is 5.91 Å². The third-order valence-corrected chi connectivity index (χ3v) is 2.95.